The van der Waals surface area contributed by atoms with Crippen LogP contribution in [0.3, 0.4) is 0 Å². The van der Waals surface area contributed by atoms with Gasteiger partial charge in [-0.15, -0.1) is 0 Å². The number of fused-ring (bicyclic) bond motifs is 2. The van der Waals surface area contributed by atoms with Crippen LogP contribution in [0.15, 0.2) is 85.1 Å². The van der Waals surface area contributed by atoms with Gasteiger partial charge in [0.1, 0.15) is 11.3 Å². The number of anilines is 1. The van der Waals surface area contributed by atoms with Crippen LogP contribution in [0.25, 0.3) is 39.5 Å². The van der Waals surface area contributed by atoms with Crippen molar-refractivity contribution < 1.29 is 9.90 Å². The highest BCUT2D eigenvalue weighted by Gasteiger charge is 2.41. The lowest BCUT2D eigenvalue weighted by Crippen LogP contribution is -2.31. The molecule has 2 aliphatic rings. The molecule has 1 amide bonds. The molecular weight excluding hydrogens is 502 g/mol. The SMILES string of the molecule is Nc1ncccc1-c1nc2ccc(-c3ccccc3)nc2n1-c1ccc(CN2C[C@H]3CN(C(=O)O)C[C@@H]3C2)cc1. The van der Waals surface area contributed by atoms with Crippen LogP contribution in [0.4, 0.5) is 10.6 Å². The van der Waals surface area contributed by atoms with Crippen molar-refractivity contribution in [2.75, 3.05) is 31.9 Å². The van der Waals surface area contributed by atoms with Crippen molar-refractivity contribution in [2.45, 2.75) is 6.54 Å². The van der Waals surface area contributed by atoms with E-state index in [2.05, 4.69) is 50.8 Å². The maximum absolute atomic E-state index is 11.3. The number of likely N-dealkylation sites (tertiary alicyclic amines) is 2. The molecule has 7 rings (SSSR count). The number of benzene rings is 2. The number of carbonyl (C=O) groups is 1. The molecule has 2 saturated heterocycles. The fourth-order valence-corrected chi connectivity index (χ4v) is 6.14. The van der Waals surface area contributed by atoms with E-state index < -0.39 is 6.09 Å². The molecule has 9 heteroatoms. The molecule has 2 fully saturated rings. The number of rotatable bonds is 5. The summed E-state index contributed by atoms with van der Waals surface area (Å²) in [5, 5.41) is 9.31. The van der Waals surface area contributed by atoms with E-state index in [1.807, 2.05) is 42.5 Å². The number of amides is 1. The fraction of sp³-hybridized carbons (Fsp3) is 0.226. The summed E-state index contributed by atoms with van der Waals surface area (Å²) in [5.41, 5.74) is 12.6. The number of nitrogens with zero attached hydrogens (tertiary/aromatic N) is 6. The predicted molar refractivity (Wildman–Crippen MR) is 154 cm³/mol. The number of pyridine rings is 2. The Balaban J connectivity index is 1.22. The molecule has 0 saturated carbocycles. The minimum atomic E-state index is -0.804. The zero-order chi connectivity index (χ0) is 27.2. The van der Waals surface area contributed by atoms with Crippen molar-refractivity contribution in [3.63, 3.8) is 0 Å². The zero-order valence-electron chi connectivity index (χ0n) is 21.9. The zero-order valence-corrected chi connectivity index (χ0v) is 21.9. The molecule has 5 heterocycles. The molecule has 0 unspecified atom stereocenters. The van der Waals surface area contributed by atoms with Gasteiger partial charge in [0.05, 0.1) is 11.3 Å². The normalized spacial score (nSPS) is 18.9. The van der Waals surface area contributed by atoms with Gasteiger partial charge >= 0.3 is 6.09 Å². The number of nitrogen functional groups attached to an aromatic ring is 1. The van der Waals surface area contributed by atoms with Crippen LogP contribution in [-0.4, -0.2) is 66.7 Å². The first kappa shape index (κ1) is 24.3. The van der Waals surface area contributed by atoms with Crippen LogP contribution in [-0.2, 0) is 6.54 Å². The summed E-state index contributed by atoms with van der Waals surface area (Å²) in [5.74, 6) is 1.96. The average molecular weight is 532 g/mol. The summed E-state index contributed by atoms with van der Waals surface area (Å²) in [7, 11) is 0. The third kappa shape index (κ3) is 4.34. The molecule has 2 aliphatic heterocycles. The molecule has 3 aromatic heterocycles. The van der Waals surface area contributed by atoms with Gasteiger partial charge in [0, 0.05) is 50.2 Å². The molecule has 9 nitrogen and oxygen atoms in total. The second kappa shape index (κ2) is 9.77. The summed E-state index contributed by atoms with van der Waals surface area (Å²) in [6, 6.07) is 26.4. The topological polar surface area (TPSA) is 113 Å². The Bertz CT molecular complexity index is 1690. The largest absolute Gasteiger partial charge is 0.465 e. The lowest BCUT2D eigenvalue weighted by molar-refractivity contribution is 0.148. The Morgan fingerprint density at radius 2 is 1.62 bits per heavy atom. The Morgan fingerprint density at radius 1 is 0.875 bits per heavy atom. The first-order chi connectivity index (χ1) is 19.5. The first-order valence-corrected chi connectivity index (χ1v) is 13.5. The van der Waals surface area contributed by atoms with Crippen molar-refractivity contribution >= 4 is 23.1 Å². The highest BCUT2D eigenvalue weighted by Crippen LogP contribution is 2.34. The van der Waals surface area contributed by atoms with Gasteiger partial charge in [-0.25, -0.2) is 19.7 Å². The van der Waals surface area contributed by atoms with E-state index in [4.69, 9.17) is 15.7 Å². The molecule has 0 spiro atoms. The van der Waals surface area contributed by atoms with Gasteiger partial charge in [0.25, 0.3) is 0 Å². The summed E-state index contributed by atoms with van der Waals surface area (Å²) in [6.45, 7) is 3.98. The van der Waals surface area contributed by atoms with Crippen LogP contribution in [0.1, 0.15) is 5.56 Å². The summed E-state index contributed by atoms with van der Waals surface area (Å²) in [6.07, 6.45) is 0.874. The van der Waals surface area contributed by atoms with Gasteiger partial charge in [-0.05, 0) is 53.8 Å². The quantitative estimate of drug-likeness (QED) is 0.336. The highest BCUT2D eigenvalue weighted by molar-refractivity contribution is 5.84. The van der Waals surface area contributed by atoms with Gasteiger partial charge in [-0.2, -0.15) is 0 Å². The maximum atomic E-state index is 11.3. The fourth-order valence-electron chi connectivity index (χ4n) is 6.14. The van der Waals surface area contributed by atoms with Crippen LogP contribution < -0.4 is 5.73 Å². The van der Waals surface area contributed by atoms with E-state index in [1.165, 1.54) is 5.56 Å². The minimum absolute atomic E-state index is 0.417. The van der Waals surface area contributed by atoms with Crippen LogP contribution in [0.5, 0.6) is 0 Å². The molecule has 40 heavy (non-hydrogen) atoms. The smallest absolute Gasteiger partial charge is 0.407 e. The first-order valence-electron chi connectivity index (χ1n) is 13.5. The van der Waals surface area contributed by atoms with E-state index in [1.54, 1.807) is 11.1 Å². The molecule has 0 radical (unpaired) electrons. The minimum Gasteiger partial charge on any atom is -0.465 e. The lowest BCUT2D eigenvalue weighted by Gasteiger charge is -2.20. The number of nitrogens with two attached hydrogens (primary N) is 1. The van der Waals surface area contributed by atoms with Crippen molar-refractivity contribution in [1.29, 1.82) is 0 Å². The standard InChI is InChI=1S/C31H29N7O2/c32-28-25(7-4-14-33-28)29-35-27-13-12-26(21-5-2-1-3-6-21)34-30(27)38(29)24-10-8-20(9-11-24)15-36-16-22-18-37(31(39)40)19-23(22)17-36/h1-14,22-23H,15-19H2,(H2,32,33)(H,39,40)/t22-,23-/m0/s1. The Morgan fingerprint density at radius 3 is 2.33 bits per heavy atom. The molecule has 0 bridgehead atoms. The van der Waals surface area contributed by atoms with Gasteiger partial charge in [-0.3, -0.25) is 9.47 Å². The van der Waals surface area contributed by atoms with Gasteiger partial charge < -0.3 is 15.7 Å². The maximum Gasteiger partial charge on any atom is 0.407 e. The number of hydrogen-bond acceptors (Lipinski definition) is 6. The van der Waals surface area contributed by atoms with Gasteiger partial charge in [-0.1, -0.05) is 42.5 Å². The van der Waals surface area contributed by atoms with Crippen molar-refractivity contribution in [1.82, 2.24) is 29.3 Å². The lowest BCUT2D eigenvalue weighted by atomic mass is 10.0. The van der Waals surface area contributed by atoms with Crippen LogP contribution in [0.2, 0.25) is 0 Å². The molecule has 2 aromatic carbocycles. The van der Waals surface area contributed by atoms with E-state index >= 15 is 0 Å². The molecule has 2 atom stereocenters. The third-order valence-corrected chi connectivity index (χ3v) is 8.09. The summed E-state index contributed by atoms with van der Waals surface area (Å²) >= 11 is 0. The van der Waals surface area contributed by atoms with Gasteiger partial charge in [0.15, 0.2) is 11.5 Å². The Kier molecular flexibility index (Phi) is 5.93. The molecule has 200 valence electrons. The van der Waals surface area contributed by atoms with E-state index in [-0.39, 0.29) is 0 Å². The molecule has 5 aromatic rings. The Hall–Kier alpha value is -4.76. The number of imidazole rings is 1. The second-order valence-electron chi connectivity index (χ2n) is 10.7. The average Bonchev–Trinajstić information content (AvgIpc) is 3.66. The van der Waals surface area contributed by atoms with Crippen LogP contribution >= 0.6 is 0 Å². The predicted octanol–water partition coefficient (Wildman–Crippen LogP) is 4.77. The number of aromatic nitrogens is 4. The summed E-state index contributed by atoms with van der Waals surface area (Å²) in [4.78, 5) is 29.6. The number of carboxylic acid groups (broad SMARTS) is 1. The molecular formula is C31H29N7O2. The van der Waals surface area contributed by atoms with Gasteiger partial charge in [0.2, 0.25) is 0 Å². The monoisotopic (exact) mass is 531 g/mol. The highest BCUT2D eigenvalue weighted by atomic mass is 16.4. The van der Waals surface area contributed by atoms with Crippen molar-refractivity contribution in [2.24, 2.45) is 11.8 Å². The Labute approximate surface area is 231 Å². The van der Waals surface area contributed by atoms with Crippen molar-refractivity contribution in [3.05, 3.63) is 90.6 Å². The number of hydrogen-bond donors (Lipinski definition) is 2. The van der Waals surface area contributed by atoms with Crippen LogP contribution in [0, 0.1) is 11.8 Å². The van der Waals surface area contributed by atoms with E-state index in [0.29, 0.717) is 36.6 Å². The molecule has 0 aliphatic carbocycles. The third-order valence-electron chi connectivity index (χ3n) is 8.09. The molecule has 3 N–H and O–H groups in total. The van der Waals surface area contributed by atoms with E-state index in [9.17, 15) is 9.90 Å². The van der Waals surface area contributed by atoms with E-state index in [0.717, 1.165) is 53.3 Å². The summed E-state index contributed by atoms with van der Waals surface area (Å²) < 4.78 is 2.06. The van der Waals surface area contributed by atoms with Crippen molar-refractivity contribution in [3.8, 4) is 28.3 Å². The second-order valence-corrected chi connectivity index (χ2v) is 10.7.